The SMILES string of the molecule is CCO[Si](C)(C)CCCCCCCC[SiH2]C(N(C)C)N(C)C. The Morgan fingerprint density at radius 1 is 0.864 bits per heavy atom. The molecule has 0 saturated heterocycles. The normalized spacial score (nSPS) is 13.4. The Bertz CT molecular complexity index is 253. The van der Waals surface area contributed by atoms with Crippen molar-refractivity contribution < 1.29 is 4.43 Å². The predicted molar refractivity (Wildman–Crippen MR) is 106 cm³/mol. The summed E-state index contributed by atoms with van der Waals surface area (Å²) in [5, 5.41) is 0. The molecule has 0 aromatic heterocycles. The van der Waals surface area contributed by atoms with Crippen LogP contribution in [0.15, 0.2) is 0 Å². The molecule has 0 aromatic rings. The molecule has 0 aliphatic heterocycles. The van der Waals surface area contributed by atoms with Crippen molar-refractivity contribution in [2.75, 3.05) is 34.8 Å². The van der Waals surface area contributed by atoms with Crippen molar-refractivity contribution >= 4 is 17.8 Å². The van der Waals surface area contributed by atoms with E-state index in [1.54, 1.807) is 0 Å². The van der Waals surface area contributed by atoms with Crippen molar-refractivity contribution in [1.82, 2.24) is 9.80 Å². The van der Waals surface area contributed by atoms with Crippen LogP contribution in [-0.4, -0.2) is 68.2 Å². The molecular weight excluding hydrogens is 304 g/mol. The monoisotopic (exact) mass is 346 g/mol. The summed E-state index contributed by atoms with van der Waals surface area (Å²) in [5.41, 5.74) is 0. The molecule has 0 N–H and O–H groups in total. The predicted octanol–water partition coefficient (Wildman–Crippen LogP) is 3.56. The molecule has 0 aliphatic rings. The molecule has 0 aliphatic carbocycles. The Morgan fingerprint density at radius 2 is 1.36 bits per heavy atom. The highest BCUT2D eigenvalue weighted by molar-refractivity contribution is 6.71. The first kappa shape index (κ1) is 22.3. The van der Waals surface area contributed by atoms with Crippen molar-refractivity contribution in [1.29, 1.82) is 0 Å². The van der Waals surface area contributed by atoms with E-state index in [2.05, 4.69) is 58.0 Å². The number of nitrogens with zero attached hydrogens (tertiary/aromatic N) is 2. The van der Waals surface area contributed by atoms with E-state index in [0.717, 1.165) is 12.4 Å². The van der Waals surface area contributed by atoms with Crippen molar-refractivity contribution in [3.8, 4) is 0 Å². The van der Waals surface area contributed by atoms with Gasteiger partial charge in [0.1, 0.15) is 0 Å². The van der Waals surface area contributed by atoms with Crippen LogP contribution in [0, 0.1) is 0 Å². The Labute approximate surface area is 143 Å². The van der Waals surface area contributed by atoms with E-state index in [1.165, 1.54) is 50.6 Å². The van der Waals surface area contributed by atoms with Gasteiger partial charge in [-0.25, -0.2) is 0 Å². The van der Waals surface area contributed by atoms with Gasteiger partial charge >= 0.3 is 0 Å². The maximum Gasteiger partial charge on any atom is 0.186 e. The van der Waals surface area contributed by atoms with Crippen LogP contribution in [-0.2, 0) is 4.43 Å². The maximum atomic E-state index is 5.89. The van der Waals surface area contributed by atoms with E-state index in [1.807, 2.05) is 0 Å². The lowest BCUT2D eigenvalue weighted by Gasteiger charge is -2.30. The molecule has 5 heteroatoms. The molecule has 0 amide bonds. The van der Waals surface area contributed by atoms with Crippen LogP contribution in [0.25, 0.3) is 0 Å². The van der Waals surface area contributed by atoms with Gasteiger partial charge in [0, 0.05) is 12.4 Å². The summed E-state index contributed by atoms with van der Waals surface area (Å²) in [4.78, 5) is 4.77. The van der Waals surface area contributed by atoms with Gasteiger partial charge in [0.25, 0.3) is 0 Å². The van der Waals surface area contributed by atoms with Crippen molar-refractivity contribution in [3.05, 3.63) is 0 Å². The summed E-state index contributed by atoms with van der Waals surface area (Å²) in [6, 6.07) is 2.83. The molecular formula is C17H42N2OSi2. The number of unbranched alkanes of at least 4 members (excludes halogenated alkanes) is 5. The molecule has 0 heterocycles. The average Bonchev–Trinajstić information content (AvgIpc) is 2.39. The zero-order valence-corrected chi connectivity index (χ0v) is 18.9. The summed E-state index contributed by atoms with van der Waals surface area (Å²) in [5.74, 6) is 0.728. The van der Waals surface area contributed by atoms with Gasteiger partial charge in [-0.15, -0.1) is 0 Å². The fourth-order valence-corrected chi connectivity index (χ4v) is 7.27. The minimum atomic E-state index is -1.32. The standard InChI is InChI=1S/C17H42N2OSi2/c1-8-20-22(6,7)16-14-12-10-9-11-13-15-21-17(18(2)3)19(4)5/h17H,8-16,21H2,1-7H3. The molecule has 0 saturated carbocycles. The fraction of sp³-hybridized carbons (Fsp3) is 1.00. The van der Waals surface area contributed by atoms with E-state index >= 15 is 0 Å². The van der Waals surface area contributed by atoms with Crippen molar-refractivity contribution in [3.63, 3.8) is 0 Å². The van der Waals surface area contributed by atoms with E-state index in [9.17, 15) is 0 Å². The smallest absolute Gasteiger partial charge is 0.186 e. The van der Waals surface area contributed by atoms with E-state index in [-0.39, 0.29) is 9.52 Å². The van der Waals surface area contributed by atoms with E-state index in [0.29, 0.717) is 0 Å². The first-order valence-electron chi connectivity index (χ1n) is 9.27. The molecule has 0 fully saturated rings. The lowest BCUT2D eigenvalue weighted by molar-refractivity contribution is 0.200. The summed E-state index contributed by atoms with van der Waals surface area (Å²) in [6.07, 6.45) is 8.51. The minimum Gasteiger partial charge on any atom is -0.418 e. The molecule has 0 bridgehead atoms. The van der Waals surface area contributed by atoms with Gasteiger partial charge in [0.15, 0.2) is 8.32 Å². The topological polar surface area (TPSA) is 15.7 Å². The van der Waals surface area contributed by atoms with Crippen LogP contribution in [0.1, 0.15) is 45.4 Å². The molecule has 22 heavy (non-hydrogen) atoms. The summed E-state index contributed by atoms with van der Waals surface area (Å²) < 4.78 is 5.89. The molecule has 0 spiro atoms. The van der Waals surface area contributed by atoms with Crippen LogP contribution in [0.5, 0.6) is 0 Å². The lowest BCUT2D eigenvalue weighted by Crippen LogP contribution is -2.44. The van der Waals surface area contributed by atoms with Gasteiger partial charge in [-0.3, -0.25) is 9.80 Å². The number of rotatable bonds is 14. The number of hydrogen-bond donors (Lipinski definition) is 0. The van der Waals surface area contributed by atoms with E-state index < -0.39 is 8.32 Å². The van der Waals surface area contributed by atoms with Crippen LogP contribution in [0.3, 0.4) is 0 Å². The van der Waals surface area contributed by atoms with Gasteiger partial charge < -0.3 is 4.43 Å². The average molecular weight is 347 g/mol. The van der Waals surface area contributed by atoms with Crippen molar-refractivity contribution in [2.45, 2.75) is 76.4 Å². The summed E-state index contributed by atoms with van der Waals surface area (Å²) in [6.45, 7) is 7.72. The second-order valence-electron chi connectivity index (χ2n) is 7.61. The maximum absolute atomic E-state index is 5.89. The van der Waals surface area contributed by atoms with Crippen LogP contribution in [0.2, 0.25) is 25.2 Å². The molecule has 0 atom stereocenters. The number of hydrogen-bond acceptors (Lipinski definition) is 3. The molecule has 3 nitrogen and oxygen atoms in total. The third-order valence-electron chi connectivity index (χ3n) is 4.47. The second kappa shape index (κ2) is 12.7. The van der Waals surface area contributed by atoms with Gasteiger partial charge in [-0.05, 0) is 54.3 Å². The minimum absolute atomic E-state index is 0.00272. The third kappa shape index (κ3) is 11.8. The zero-order valence-electron chi connectivity index (χ0n) is 16.5. The third-order valence-corrected chi connectivity index (χ3v) is 9.98. The Hall–Kier alpha value is 0.314. The first-order chi connectivity index (χ1) is 10.3. The first-order valence-corrected chi connectivity index (χ1v) is 14.2. The van der Waals surface area contributed by atoms with Gasteiger partial charge in [-0.2, -0.15) is 0 Å². The lowest BCUT2D eigenvalue weighted by atomic mass is 10.1. The second-order valence-corrected chi connectivity index (χ2v) is 13.9. The molecule has 0 unspecified atom stereocenters. The van der Waals surface area contributed by atoms with Gasteiger partial charge in [0.05, 0.1) is 9.52 Å². The highest BCUT2D eigenvalue weighted by atomic mass is 28.4. The van der Waals surface area contributed by atoms with Crippen LogP contribution < -0.4 is 0 Å². The fourth-order valence-electron chi connectivity index (χ4n) is 3.20. The molecule has 0 aromatic carbocycles. The molecule has 0 rings (SSSR count). The van der Waals surface area contributed by atoms with E-state index in [4.69, 9.17) is 4.43 Å². The van der Waals surface area contributed by atoms with Gasteiger partial charge in [0.2, 0.25) is 0 Å². The van der Waals surface area contributed by atoms with Crippen LogP contribution >= 0.6 is 0 Å². The zero-order chi connectivity index (χ0) is 17.0. The summed E-state index contributed by atoms with van der Waals surface area (Å²) in [7, 11) is 7.53. The Kier molecular flexibility index (Phi) is 12.9. The molecule has 134 valence electrons. The highest BCUT2D eigenvalue weighted by Gasteiger charge is 2.20. The largest absolute Gasteiger partial charge is 0.418 e. The Morgan fingerprint density at radius 3 is 1.86 bits per heavy atom. The van der Waals surface area contributed by atoms with Crippen molar-refractivity contribution in [2.24, 2.45) is 0 Å². The Balaban J connectivity index is 3.47. The molecule has 0 radical (unpaired) electrons. The summed E-state index contributed by atoms with van der Waals surface area (Å²) >= 11 is 0. The quantitative estimate of drug-likeness (QED) is 0.272. The van der Waals surface area contributed by atoms with Crippen LogP contribution in [0.4, 0.5) is 0 Å². The highest BCUT2D eigenvalue weighted by Crippen LogP contribution is 2.17. The van der Waals surface area contributed by atoms with Gasteiger partial charge in [-0.1, -0.05) is 44.6 Å².